The Morgan fingerprint density at radius 3 is 2.73 bits per heavy atom. The molecule has 64 valence electrons. The van der Waals surface area contributed by atoms with E-state index in [9.17, 15) is 4.79 Å². The lowest BCUT2D eigenvalue weighted by molar-refractivity contribution is -0.132. The smallest absolute Gasteiger partial charge is 0.332 e. The van der Waals surface area contributed by atoms with Crippen LogP contribution in [-0.4, -0.2) is 30.7 Å². The molecule has 4 nitrogen and oxygen atoms in total. The maximum absolute atomic E-state index is 10.2. The number of nitrogens with one attached hydrogen (secondary N) is 1. The summed E-state index contributed by atoms with van der Waals surface area (Å²) in [7, 11) is 0. The van der Waals surface area contributed by atoms with Gasteiger partial charge in [-0.25, -0.2) is 4.79 Å². The molecule has 0 unspecified atom stereocenters. The van der Waals surface area contributed by atoms with Gasteiger partial charge >= 0.3 is 5.97 Å². The summed E-state index contributed by atoms with van der Waals surface area (Å²) in [5, 5.41) is 11.3. The third-order valence-corrected chi connectivity index (χ3v) is 1.20. The Kier molecular flexibility index (Phi) is 5.42. The molecular weight excluding hydrogens is 144 g/mol. The highest BCUT2D eigenvalue weighted by Gasteiger charge is 2.00. The van der Waals surface area contributed by atoms with Gasteiger partial charge in [0.15, 0.2) is 0 Å². The fourth-order valence-electron chi connectivity index (χ4n) is 0.542. The molecule has 0 saturated carbocycles. The molecule has 0 saturated heterocycles. The zero-order chi connectivity index (χ0) is 8.69. The van der Waals surface area contributed by atoms with Crippen LogP contribution >= 0.6 is 0 Å². The molecule has 0 aliphatic heterocycles. The van der Waals surface area contributed by atoms with Crippen LogP contribution in [0.1, 0.15) is 6.42 Å². The molecule has 0 aromatic carbocycles. The van der Waals surface area contributed by atoms with Gasteiger partial charge in [0.1, 0.15) is 0 Å². The van der Waals surface area contributed by atoms with Gasteiger partial charge in [-0.15, -0.1) is 0 Å². The third kappa shape index (κ3) is 5.57. The Bertz CT molecular complexity index is 145. The average Bonchev–Trinajstić information content (AvgIpc) is 1.97. The van der Waals surface area contributed by atoms with E-state index in [0.29, 0.717) is 13.1 Å². The van der Waals surface area contributed by atoms with E-state index in [2.05, 4.69) is 11.9 Å². The van der Waals surface area contributed by atoms with E-state index in [1.165, 1.54) is 0 Å². The van der Waals surface area contributed by atoms with E-state index < -0.39 is 5.97 Å². The van der Waals surface area contributed by atoms with Crippen LogP contribution in [-0.2, 0) is 4.79 Å². The molecule has 4 heteroatoms. The van der Waals surface area contributed by atoms with Gasteiger partial charge in [-0.3, -0.25) is 0 Å². The molecule has 0 spiro atoms. The molecule has 11 heavy (non-hydrogen) atoms. The number of rotatable bonds is 6. The Hall–Kier alpha value is -0.870. The Morgan fingerprint density at radius 2 is 2.27 bits per heavy atom. The molecule has 0 amide bonds. The third-order valence-electron chi connectivity index (χ3n) is 1.20. The number of carbonyl (C=O) groups is 1. The van der Waals surface area contributed by atoms with Crippen molar-refractivity contribution < 1.29 is 9.90 Å². The molecule has 0 fully saturated rings. The van der Waals surface area contributed by atoms with E-state index in [-0.39, 0.29) is 5.57 Å². The van der Waals surface area contributed by atoms with E-state index in [1.54, 1.807) is 0 Å². The van der Waals surface area contributed by atoms with Crippen LogP contribution in [0, 0.1) is 0 Å². The number of hydrogen-bond acceptors (Lipinski definition) is 3. The summed E-state index contributed by atoms with van der Waals surface area (Å²) >= 11 is 0. The fourth-order valence-corrected chi connectivity index (χ4v) is 0.542. The quantitative estimate of drug-likeness (QED) is 0.362. The van der Waals surface area contributed by atoms with Crippen LogP contribution in [0.3, 0.4) is 0 Å². The first-order chi connectivity index (χ1) is 5.18. The molecule has 0 aliphatic rings. The van der Waals surface area contributed by atoms with Gasteiger partial charge in [-0.05, 0) is 19.5 Å². The SMILES string of the molecule is C=C(CNCCCN)C(=O)O. The lowest BCUT2D eigenvalue weighted by Gasteiger charge is -2.01. The Morgan fingerprint density at radius 1 is 1.64 bits per heavy atom. The average molecular weight is 158 g/mol. The Balaban J connectivity index is 3.25. The maximum atomic E-state index is 10.2. The van der Waals surface area contributed by atoms with E-state index in [0.717, 1.165) is 13.0 Å². The van der Waals surface area contributed by atoms with Crippen LogP contribution in [0.5, 0.6) is 0 Å². The van der Waals surface area contributed by atoms with Gasteiger partial charge in [-0.1, -0.05) is 6.58 Å². The van der Waals surface area contributed by atoms with Crippen molar-refractivity contribution in [3.05, 3.63) is 12.2 Å². The maximum Gasteiger partial charge on any atom is 0.332 e. The Labute approximate surface area is 66.1 Å². The topological polar surface area (TPSA) is 75.3 Å². The van der Waals surface area contributed by atoms with E-state index in [4.69, 9.17) is 10.8 Å². The first kappa shape index (κ1) is 10.1. The molecule has 0 aromatic heterocycles. The fraction of sp³-hybridized carbons (Fsp3) is 0.571. The van der Waals surface area contributed by atoms with Crippen molar-refractivity contribution in [1.82, 2.24) is 5.32 Å². The van der Waals surface area contributed by atoms with Crippen molar-refractivity contribution in [2.45, 2.75) is 6.42 Å². The molecule has 0 atom stereocenters. The molecule has 0 rings (SSSR count). The van der Waals surface area contributed by atoms with Gasteiger partial charge in [0, 0.05) is 12.1 Å². The normalized spacial score (nSPS) is 9.55. The van der Waals surface area contributed by atoms with Crippen molar-refractivity contribution in [2.75, 3.05) is 19.6 Å². The second-order valence-electron chi connectivity index (χ2n) is 2.23. The van der Waals surface area contributed by atoms with Crippen molar-refractivity contribution in [1.29, 1.82) is 0 Å². The summed E-state index contributed by atoms with van der Waals surface area (Å²) < 4.78 is 0. The highest BCUT2D eigenvalue weighted by Crippen LogP contribution is 1.85. The number of carboxylic acids is 1. The second kappa shape index (κ2) is 5.88. The zero-order valence-corrected chi connectivity index (χ0v) is 6.47. The summed E-state index contributed by atoms with van der Waals surface area (Å²) in [5.74, 6) is -0.953. The van der Waals surface area contributed by atoms with E-state index in [1.807, 2.05) is 0 Å². The molecular formula is C7H14N2O2. The zero-order valence-electron chi connectivity index (χ0n) is 6.47. The van der Waals surface area contributed by atoms with Crippen LogP contribution in [0.15, 0.2) is 12.2 Å². The van der Waals surface area contributed by atoms with Gasteiger partial charge in [0.05, 0.1) is 0 Å². The lowest BCUT2D eigenvalue weighted by Crippen LogP contribution is -2.23. The molecule has 4 N–H and O–H groups in total. The first-order valence-electron chi connectivity index (χ1n) is 3.50. The van der Waals surface area contributed by atoms with Gasteiger partial charge in [0.2, 0.25) is 0 Å². The molecule has 0 radical (unpaired) electrons. The van der Waals surface area contributed by atoms with E-state index >= 15 is 0 Å². The largest absolute Gasteiger partial charge is 0.478 e. The van der Waals surface area contributed by atoms with Gasteiger partial charge in [-0.2, -0.15) is 0 Å². The second-order valence-corrected chi connectivity index (χ2v) is 2.23. The molecule has 0 heterocycles. The predicted octanol–water partition coefficient (Wildman–Crippen LogP) is -0.434. The van der Waals surface area contributed by atoms with Crippen molar-refractivity contribution in [2.24, 2.45) is 5.73 Å². The summed E-state index contributed by atoms with van der Waals surface area (Å²) in [4.78, 5) is 10.2. The van der Waals surface area contributed by atoms with Crippen molar-refractivity contribution >= 4 is 5.97 Å². The summed E-state index contributed by atoms with van der Waals surface area (Å²) in [5.41, 5.74) is 5.41. The monoisotopic (exact) mass is 158 g/mol. The standard InChI is InChI=1S/C7H14N2O2/c1-6(7(10)11)5-9-4-2-3-8/h9H,1-5,8H2,(H,10,11). The van der Waals surface area contributed by atoms with Crippen LogP contribution < -0.4 is 11.1 Å². The van der Waals surface area contributed by atoms with Crippen molar-refractivity contribution in [3.8, 4) is 0 Å². The van der Waals surface area contributed by atoms with Crippen LogP contribution in [0.2, 0.25) is 0 Å². The van der Waals surface area contributed by atoms with Crippen LogP contribution in [0.25, 0.3) is 0 Å². The minimum atomic E-state index is -0.953. The lowest BCUT2D eigenvalue weighted by atomic mass is 10.3. The number of aliphatic carboxylic acids is 1. The van der Waals surface area contributed by atoms with Gasteiger partial charge in [0.25, 0.3) is 0 Å². The highest BCUT2D eigenvalue weighted by molar-refractivity contribution is 5.86. The highest BCUT2D eigenvalue weighted by atomic mass is 16.4. The molecule has 0 bridgehead atoms. The number of carboxylic acid groups (broad SMARTS) is 1. The minimum Gasteiger partial charge on any atom is -0.478 e. The summed E-state index contributed by atoms with van der Waals surface area (Å²) in [6.07, 6.45) is 0.854. The van der Waals surface area contributed by atoms with Gasteiger partial charge < -0.3 is 16.2 Å². The summed E-state index contributed by atoms with van der Waals surface area (Å²) in [6.45, 7) is 5.04. The number of hydrogen-bond donors (Lipinski definition) is 3. The minimum absolute atomic E-state index is 0.182. The number of nitrogens with two attached hydrogens (primary N) is 1. The van der Waals surface area contributed by atoms with Crippen LogP contribution in [0.4, 0.5) is 0 Å². The van der Waals surface area contributed by atoms with Crippen molar-refractivity contribution in [3.63, 3.8) is 0 Å². The predicted molar refractivity (Wildman–Crippen MR) is 43.3 cm³/mol. The molecule has 0 aliphatic carbocycles. The summed E-state index contributed by atoms with van der Waals surface area (Å²) in [6, 6.07) is 0. The molecule has 0 aromatic rings. The first-order valence-corrected chi connectivity index (χ1v) is 3.50.